The first-order chi connectivity index (χ1) is 14.0. The Balaban J connectivity index is 3.29. The van der Waals surface area contributed by atoms with Gasteiger partial charge in [-0.1, -0.05) is 103 Å². The van der Waals surface area contributed by atoms with Crippen LogP contribution in [-0.4, -0.2) is 40.8 Å². The van der Waals surface area contributed by atoms with E-state index in [1.807, 2.05) is 0 Å². The van der Waals surface area contributed by atoms with Gasteiger partial charge in [-0.3, -0.25) is 4.79 Å². The molecule has 0 spiro atoms. The molecule has 0 saturated carbocycles. The molecular weight excluding hydrogens is 368 g/mol. The first-order valence-corrected chi connectivity index (χ1v) is 12.0. The first kappa shape index (κ1) is 28.1. The van der Waals surface area contributed by atoms with Gasteiger partial charge in [-0.05, 0) is 13.3 Å². The van der Waals surface area contributed by atoms with E-state index in [2.05, 4.69) is 6.92 Å². The smallest absolute Gasteiger partial charge is 0.335 e. The van der Waals surface area contributed by atoms with Gasteiger partial charge >= 0.3 is 5.97 Å². The maximum Gasteiger partial charge on any atom is 0.335 e. The number of hydrogen-bond acceptors (Lipinski definition) is 5. The molecular formula is C24H46O5. The summed E-state index contributed by atoms with van der Waals surface area (Å²) in [5.74, 6) is -1.34. The van der Waals surface area contributed by atoms with E-state index in [9.17, 15) is 14.7 Å². The zero-order chi connectivity index (χ0) is 21.7. The summed E-state index contributed by atoms with van der Waals surface area (Å²) >= 11 is 0. The molecule has 2 unspecified atom stereocenters. The number of unbranched alkanes of at least 4 members (excludes halogenated alkanes) is 15. The molecule has 0 aromatic carbocycles. The molecule has 29 heavy (non-hydrogen) atoms. The second kappa shape index (κ2) is 20.3. The van der Waals surface area contributed by atoms with E-state index in [0.29, 0.717) is 0 Å². The maximum absolute atomic E-state index is 11.6. The maximum atomic E-state index is 11.6. The van der Waals surface area contributed by atoms with Crippen LogP contribution < -0.4 is 0 Å². The highest BCUT2D eigenvalue weighted by Gasteiger charge is 2.22. The number of ketones is 1. The Labute approximate surface area is 178 Å². The van der Waals surface area contributed by atoms with Crippen LogP contribution in [0.3, 0.4) is 0 Å². The lowest BCUT2D eigenvalue weighted by molar-refractivity contribution is -0.156. The van der Waals surface area contributed by atoms with Crippen molar-refractivity contribution in [2.75, 3.05) is 6.61 Å². The fourth-order valence-corrected chi connectivity index (χ4v) is 3.36. The lowest BCUT2D eigenvalue weighted by atomic mass is 10.0. The Morgan fingerprint density at radius 3 is 1.45 bits per heavy atom. The lowest BCUT2D eigenvalue weighted by Crippen LogP contribution is -2.29. The molecule has 0 aliphatic carbocycles. The van der Waals surface area contributed by atoms with Crippen LogP contribution in [0.5, 0.6) is 0 Å². The summed E-state index contributed by atoms with van der Waals surface area (Å²) in [5.41, 5.74) is 0. The summed E-state index contributed by atoms with van der Waals surface area (Å²) in [6.07, 6.45) is 17.5. The van der Waals surface area contributed by atoms with Crippen molar-refractivity contribution in [1.29, 1.82) is 0 Å². The Morgan fingerprint density at radius 1 is 0.690 bits per heavy atom. The number of carbonyl (C=O) groups excluding carboxylic acids is 2. The molecule has 2 N–H and O–H groups in total. The van der Waals surface area contributed by atoms with Gasteiger partial charge < -0.3 is 14.9 Å². The number of ether oxygens (including phenoxy) is 1. The highest BCUT2D eigenvalue weighted by molar-refractivity contribution is 5.88. The molecule has 0 rings (SSSR count). The molecule has 0 aliphatic heterocycles. The topological polar surface area (TPSA) is 83.8 Å². The SMILES string of the molecule is CCCCCCCCCCCCCCCCCCOC(=O)C(O)CC(=O)C(C)O. The van der Waals surface area contributed by atoms with Gasteiger partial charge in [0.2, 0.25) is 0 Å². The third-order valence-electron chi connectivity index (χ3n) is 5.37. The molecule has 0 aliphatic rings. The molecule has 5 nitrogen and oxygen atoms in total. The second-order valence-electron chi connectivity index (χ2n) is 8.33. The number of aliphatic hydroxyl groups excluding tert-OH is 2. The summed E-state index contributed by atoms with van der Waals surface area (Å²) in [6.45, 7) is 3.85. The van der Waals surface area contributed by atoms with E-state index in [1.165, 1.54) is 90.4 Å². The summed E-state index contributed by atoms with van der Waals surface area (Å²) < 4.78 is 4.98. The molecule has 0 saturated heterocycles. The van der Waals surface area contributed by atoms with E-state index in [-0.39, 0.29) is 6.61 Å². The van der Waals surface area contributed by atoms with Crippen LogP contribution in [0.1, 0.15) is 123 Å². The van der Waals surface area contributed by atoms with Gasteiger partial charge in [0.25, 0.3) is 0 Å². The van der Waals surface area contributed by atoms with Gasteiger partial charge in [-0.15, -0.1) is 0 Å². The van der Waals surface area contributed by atoms with Crippen LogP contribution in [0.15, 0.2) is 0 Å². The number of carbonyl (C=O) groups is 2. The molecule has 0 radical (unpaired) electrons. The number of esters is 1. The molecule has 2 atom stereocenters. The number of rotatable bonds is 21. The summed E-state index contributed by atoms with van der Waals surface area (Å²) in [7, 11) is 0. The normalized spacial score (nSPS) is 13.2. The van der Waals surface area contributed by atoms with Gasteiger partial charge in [0, 0.05) is 6.42 Å². The molecule has 0 aromatic heterocycles. The molecule has 5 heteroatoms. The van der Waals surface area contributed by atoms with Crippen molar-refractivity contribution in [3.05, 3.63) is 0 Å². The zero-order valence-electron chi connectivity index (χ0n) is 19.0. The second-order valence-corrected chi connectivity index (χ2v) is 8.33. The molecule has 0 amide bonds. The summed E-state index contributed by atoms with van der Waals surface area (Å²) in [4.78, 5) is 22.8. The number of aliphatic hydroxyl groups is 2. The quantitative estimate of drug-likeness (QED) is 0.192. The van der Waals surface area contributed by atoms with Gasteiger partial charge in [0.15, 0.2) is 11.9 Å². The largest absolute Gasteiger partial charge is 0.464 e. The van der Waals surface area contributed by atoms with Crippen LogP contribution in [0.2, 0.25) is 0 Å². The van der Waals surface area contributed by atoms with E-state index >= 15 is 0 Å². The highest BCUT2D eigenvalue weighted by Crippen LogP contribution is 2.13. The highest BCUT2D eigenvalue weighted by atomic mass is 16.5. The van der Waals surface area contributed by atoms with Gasteiger partial charge in [-0.2, -0.15) is 0 Å². The third-order valence-corrected chi connectivity index (χ3v) is 5.37. The van der Waals surface area contributed by atoms with Crippen molar-refractivity contribution in [2.45, 2.75) is 135 Å². The van der Waals surface area contributed by atoms with E-state index in [1.54, 1.807) is 0 Å². The predicted octanol–water partition coefficient (Wildman–Crippen LogP) is 5.49. The van der Waals surface area contributed by atoms with E-state index in [4.69, 9.17) is 9.84 Å². The Kier molecular flexibility index (Phi) is 19.7. The predicted molar refractivity (Wildman–Crippen MR) is 118 cm³/mol. The summed E-state index contributed by atoms with van der Waals surface area (Å²) in [5, 5.41) is 18.6. The Morgan fingerprint density at radius 2 is 1.07 bits per heavy atom. The average molecular weight is 415 g/mol. The van der Waals surface area contributed by atoms with Crippen molar-refractivity contribution in [3.63, 3.8) is 0 Å². The molecule has 0 aromatic rings. The Hall–Kier alpha value is -0.940. The Bertz CT molecular complexity index is 395. The average Bonchev–Trinajstić information content (AvgIpc) is 2.69. The third kappa shape index (κ3) is 18.8. The van der Waals surface area contributed by atoms with Crippen molar-refractivity contribution < 1.29 is 24.5 Å². The standard InChI is InChI=1S/C24H46O5/c1-3-4-5-6-7-8-9-10-11-12-13-14-15-16-17-18-19-29-24(28)23(27)20-22(26)21(2)25/h21,23,25,27H,3-20H2,1-2H3. The van der Waals surface area contributed by atoms with Crippen LogP contribution >= 0.6 is 0 Å². The molecule has 0 heterocycles. The monoisotopic (exact) mass is 414 g/mol. The van der Waals surface area contributed by atoms with E-state index < -0.39 is 30.4 Å². The molecule has 0 fully saturated rings. The van der Waals surface area contributed by atoms with E-state index in [0.717, 1.165) is 19.3 Å². The van der Waals surface area contributed by atoms with Crippen LogP contribution in [0.25, 0.3) is 0 Å². The minimum Gasteiger partial charge on any atom is -0.464 e. The number of Topliss-reactive ketones (excluding diaryl/α,β-unsaturated/α-hetero) is 1. The van der Waals surface area contributed by atoms with Crippen molar-refractivity contribution in [2.24, 2.45) is 0 Å². The fourth-order valence-electron chi connectivity index (χ4n) is 3.36. The van der Waals surface area contributed by atoms with Crippen molar-refractivity contribution >= 4 is 11.8 Å². The van der Waals surface area contributed by atoms with Crippen LogP contribution in [0, 0.1) is 0 Å². The van der Waals surface area contributed by atoms with Gasteiger partial charge in [0.05, 0.1) is 6.61 Å². The minimum atomic E-state index is -1.47. The summed E-state index contributed by atoms with van der Waals surface area (Å²) in [6, 6.07) is 0. The van der Waals surface area contributed by atoms with Crippen LogP contribution in [-0.2, 0) is 14.3 Å². The first-order valence-electron chi connectivity index (χ1n) is 12.0. The molecule has 0 bridgehead atoms. The lowest BCUT2D eigenvalue weighted by Gasteiger charge is -2.11. The van der Waals surface area contributed by atoms with Crippen molar-refractivity contribution in [3.8, 4) is 0 Å². The van der Waals surface area contributed by atoms with Gasteiger partial charge in [0.1, 0.15) is 6.10 Å². The number of hydrogen-bond donors (Lipinski definition) is 2. The van der Waals surface area contributed by atoms with Crippen molar-refractivity contribution in [1.82, 2.24) is 0 Å². The zero-order valence-corrected chi connectivity index (χ0v) is 19.0. The fraction of sp³-hybridized carbons (Fsp3) is 0.917. The van der Waals surface area contributed by atoms with Gasteiger partial charge in [-0.25, -0.2) is 4.79 Å². The minimum absolute atomic E-state index is 0.275. The molecule has 172 valence electrons. The van der Waals surface area contributed by atoms with Crippen LogP contribution in [0.4, 0.5) is 0 Å².